The van der Waals surface area contributed by atoms with Gasteiger partial charge in [-0.05, 0) is 39.5 Å². The molecule has 5 nitrogen and oxygen atoms in total. The molecule has 17 heavy (non-hydrogen) atoms. The van der Waals surface area contributed by atoms with Crippen LogP contribution in [0.4, 0.5) is 4.79 Å². The monoisotopic (exact) mass is 241 g/mol. The molecule has 0 unspecified atom stereocenters. The van der Waals surface area contributed by atoms with Crippen LogP contribution in [0, 0.1) is 11.3 Å². The summed E-state index contributed by atoms with van der Waals surface area (Å²) in [5.74, 6) is -0.674. The molecule has 0 bridgehead atoms. The number of carboxylic acid groups (broad SMARTS) is 1. The Morgan fingerprint density at radius 2 is 2.06 bits per heavy atom. The Morgan fingerprint density at radius 3 is 2.41 bits per heavy atom. The predicted molar refractivity (Wildman–Crippen MR) is 60.6 cm³/mol. The van der Waals surface area contributed by atoms with Crippen molar-refractivity contribution in [3.8, 4) is 0 Å². The van der Waals surface area contributed by atoms with E-state index in [4.69, 9.17) is 4.74 Å². The van der Waals surface area contributed by atoms with Gasteiger partial charge >= 0.3 is 12.1 Å². The van der Waals surface area contributed by atoms with Gasteiger partial charge in [-0.15, -0.1) is 0 Å². The van der Waals surface area contributed by atoms with Crippen LogP contribution < -0.4 is 0 Å². The molecule has 1 amide bonds. The van der Waals surface area contributed by atoms with E-state index in [1.165, 1.54) is 4.90 Å². The fourth-order valence-electron chi connectivity index (χ4n) is 2.66. The number of carbonyl (C=O) groups excluding carboxylic acids is 1. The van der Waals surface area contributed by atoms with Gasteiger partial charge in [-0.25, -0.2) is 4.79 Å². The Kier molecular flexibility index (Phi) is 2.60. The van der Waals surface area contributed by atoms with Crippen molar-refractivity contribution in [2.75, 3.05) is 13.1 Å². The number of ether oxygens (including phenoxy) is 1. The number of amides is 1. The van der Waals surface area contributed by atoms with E-state index in [1.807, 2.05) is 20.8 Å². The van der Waals surface area contributed by atoms with Gasteiger partial charge in [0.05, 0.1) is 5.41 Å². The number of rotatable bonds is 1. The summed E-state index contributed by atoms with van der Waals surface area (Å²) >= 11 is 0. The van der Waals surface area contributed by atoms with Gasteiger partial charge in [-0.1, -0.05) is 0 Å². The number of fused-ring (bicyclic) bond motifs is 1. The van der Waals surface area contributed by atoms with Crippen LogP contribution in [0.2, 0.25) is 0 Å². The van der Waals surface area contributed by atoms with Crippen LogP contribution in [-0.2, 0) is 9.53 Å². The predicted octanol–water partition coefficient (Wildman–Crippen LogP) is 1.72. The van der Waals surface area contributed by atoms with Crippen molar-refractivity contribution in [3.63, 3.8) is 0 Å². The van der Waals surface area contributed by atoms with Crippen molar-refractivity contribution in [2.24, 2.45) is 11.3 Å². The summed E-state index contributed by atoms with van der Waals surface area (Å²) in [7, 11) is 0. The van der Waals surface area contributed by atoms with E-state index < -0.39 is 23.1 Å². The molecule has 0 spiro atoms. The molecule has 0 aromatic heterocycles. The quantitative estimate of drug-likeness (QED) is 0.759. The lowest BCUT2D eigenvalue weighted by Crippen LogP contribution is -2.46. The Labute approximate surface area is 101 Å². The Morgan fingerprint density at radius 1 is 1.41 bits per heavy atom. The van der Waals surface area contributed by atoms with Crippen molar-refractivity contribution < 1.29 is 19.4 Å². The van der Waals surface area contributed by atoms with Gasteiger partial charge in [-0.3, -0.25) is 4.79 Å². The van der Waals surface area contributed by atoms with Crippen LogP contribution in [0.25, 0.3) is 0 Å². The molecule has 1 saturated heterocycles. The SMILES string of the molecule is CC(C)(C)OC(=O)N1C[C@H]2CC[C@@]2(C(=O)O)C1. The smallest absolute Gasteiger partial charge is 0.410 e. The summed E-state index contributed by atoms with van der Waals surface area (Å²) in [6.07, 6.45) is 1.17. The molecule has 2 rings (SSSR count). The number of hydrogen-bond donors (Lipinski definition) is 1. The maximum Gasteiger partial charge on any atom is 0.410 e. The highest BCUT2D eigenvalue weighted by molar-refractivity contribution is 5.79. The zero-order chi connectivity index (χ0) is 12.8. The highest BCUT2D eigenvalue weighted by atomic mass is 16.6. The standard InChI is InChI=1S/C12H19NO4/c1-11(2,3)17-10(16)13-6-8-4-5-12(8,7-13)9(14)15/h8H,4-7H2,1-3H3,(H,14,15)/t8-,12-/m1/s1. The molecular weight excluding hydrogens is 222 g/mol. The first-order valence-electron chi connectivity index (χ1n) is 5.96. The third-order valence-corrected chi connectivity index (χ3v) is 3.71. The molecule has 1 saturated carbocycles. The van der Waals surface area contributed by atoms with Gasteiger partial charge in [0.2, 0.25) is 0 Å². The molecule has 1 aliphatic heterocycles. The lowest BCUT2D eigenvalue weighted by atomic mass is 9.62. The number of likely N-dealkylation sites (tertiary alicyclic amines) is 1. The number of aliphatic carboxylic acids is 1. The average molecular weight is 241 g/mol. The number of carbonyl (C=O) groups is 2. The summed E-state index contributed by atoms with van der Waals surface area (Å²) in [5.41, 5.74) is -1.23. The fourth-order valence-corrected chi connectivity index (χ4v) is 2.66. The van der Waals surface area contributed by atoms with Gasteiger partial charge in [0.15, 0.2) is 0 Å². The van der Waals surface area contributed by atoms with E-state index in [0.717, 1.165) is 6.42 Å². The van der Waals surface area contributed by atoms with Gasteiger partial charge in [-0.2, -0.15) is 0 Å². The third kappa shape index (κ3) is 1.98. The lowest BCUT2D eigenvalue weighted by Gasteiger charge is -2.39. The molecule has 5 heteroatoms. The van der Waals surface area contributed by atoms with Crippen LogP contribution in [0.5, 0.6) is 0 Å². The van der Waals surface area contributed by atoms with Crippen molar-refractivity contribution in [1.29, 1.82) is 0 Å². The van der Waals surface area contributed by atoms with E-state index in [2.05, 4.69) is 0 Å². The maximum absolute atomic E-state index is 11.9. The van der Waals surface area contributed by atoms with Crippen LogP contribution in [0.15, 0.2) is 0 Å². The van der Waals surface area contributed by atoms with Crippen molar-refractivity contribution in [1.82, 2.24) is 4.90 Å². The minimum atomic E-state index is -0.778. The number of hydrogen-bond acceptors (Lipinski definition) is 3. The molecule has 0 aromatic carbocycles. The molecule has 1 aliphatic carbocycles. The zero-order valence-corrected chi connectivity index (χ0v) is 10.5. The van der Waals surface area contributed by atoms with Crippen molar-refractivity contribution in [2.45, 2.75) is 39.2 Å². The summed E-state index contributed by atoms with van der Waals surface area (Å²) in [6.45, 7) is 6.23. The first-order valence-corrected chi connectivity index (χ1v) is 5.96. The van der Waals surface area contributed by atoms with Gasteiger partial charge in [0.1, 0.15) is 5.60 Å². The number of nitrogens with zero attached hydrogens (tertiary/aromatic N) is 1. The van der Waals surface area contributed by atoms with E-state index in [-0.39, 0.29) is 5.92 Å². The maximum atomic E-state index is 11.9. The second-order valence-corrected chi connectivity index (χ2v) is 6.06. The van der Waals surface area contributed by atoms with Gasteiger partial charge in [0, 0.05) is 13.1 Å². The molecule has 2 fully saturated rings. The highest BCUT2D eigenvalue weighted by Crippen LogP contribution is 2.52. The van der Waals surface area contributed by atoms with E-state index >= 15 is 0 Å². The Balaban J connectivity index is 2.03. The van der Waals surface area contributed by atoms with Crippen molar-refractivity contribution in [3.05, 3.63) is 0 Å². The van der Waals surface area contributed by atoms with Gasteiger partial charge in [0.25, 0.3) is 0 Å². The van der Waals surface area contributed by atoms with Crippen LogP contribution in [-0.4, -0.2) is 40.8 Å². The van der Waals surface area contributed by atoms with Crippen LogP contribution in [0.1, 0.15) is 33.6 Å². The molecule has 2 atom stereocenters. The Hall–Kier alpha value is -1.26. The molecule has 1 N–H and O–H groups in total. The fraction of sp³-hybridized carbons (Fsp3) is 0.833. The van der Waals surface area contributed by atoms with Crippen LogP contribution >= 0.6 is 0 Å². The molecule has 2 aliphatic rings. The molecule has 96 valence electrons. The molecular formula is C12H19NO4. The first-order chi connectivity index (χ1) is 7.74. The van der Waals surface area contributed by atoms with Gasteiger partial charge < -0.3 is 14.7 Å². The molecule has 1 heterocycles. The summed E-state index contributed by atoms with van der Waals surface area (Å²) in [6, 6.07) is 0. The molecule has 0 aromatic rings. The lowest BCUT2D eigenvalue weighted by molar-refractivity contribution is -0.156. The largest absolute Gasteiger partial charge is 0.481 e. The van der Waals surface area contributed by atoms with E-state index in [1.54, 1.807) is 0 Å². The summed E-state index contributed by atoms with van der Waals surface area (Å²) < 4.78 is 5.26. The first kappa shape index (κ1) is 12.2. The second-order valence-electron chi connectivity index (χ2n) is 6.06. The Bertz CT molecular complexity index is 360. The average Bonchev–Trinajstić information content (AvgIpc) is 2.37. The number of carboxylic acids is 1. The zero-order valence-electron chi connectivity index (χ0n) is 10.5. The third-order valence-electron chi connectivity index (χ3n) is 3.71. The normalized spacial score (nSPS) is 31.7. The van der Waals surface area contributed by atoms with Crippen molar-refractivity contribution >= 4 is 12.1 Å². The van der Waals surface area contributed by atoms with Crippen LogP contribution in [0.3, 0.4) is 0 Å². The second kappa shape index (κ2) is 3.62. The summed E-state index contributed by atoms with van der Waals surface area (Å²) in [4.78, 5) is 24.7. The topological polar surface area (TPSA) is 66.8 Å². The van der Waals surface area contributed by atoms with E-state index in [9.17, 15) is 14.7 Å². The minimum absolute atomic E-state index is 0.104. The minimum Gasteiger partial charge on any atom is -0.481 e. The molecule has 0 radical (unpaired) electrons. The highest BCUT2D eigenvalue weighted by Gasteiger charge is 2.59. The van der Waals surface area contributed by atoms with E-state index in [0.29, 0.717) is 19.5 Å². The summed E-state index contributed by atoms with van der Waals surface area (Å²) in [5, 5.41) is 9.25.